The van der Waals surface area contributed by atoms with Gasteiger partial charge in [0, 0.05) is 0 Å². The van der Waals surface area contributed by atoms with Crippen LogP contribution in [-0.4, -0.2) is 21.0 Å². The van der Waals surface area contributed by atoms with Crippen LogP contribution in [-0.2, 0) is 6.54 Å². The van der Waals surface area contributed by atoms with Crippen LogP contribution in [0.15, 0.2) is 6.07 Å². The van der Waals surface area contributed by atoms with Crippen molar-refractivity contribution < 1.29 is 5.11 Å². The fraction of sp³-hybridized carbons (Fsp3) is 0.700. The zero-order valence-corrected chi connectivity index (χ0v) is 9.84. The number of rotatable bonds is 2. The summed E-state index contributed by atoms with van der Waals surface area (Å²) < 4.78 is 1.63. The smallest absolute Gasteiger partial charge is 0.127 e. The Hall–Kier alpha value is -0.540. The van der Waals surface area contributed by atoms with Crippen LogP contribution in [0.5, 0.6) is 0 Å². The summed E-state index contributed by atoms with van der Waals surface area (Å²) in [7, 11) is 0. The second-order valence-electron chi connectivity index (χ2n) is 4.67. The lowest BCUT2D eigenvalue weighted by atomic mass is 9.89. The minimum absolute atomic E-state index is 0.150. The number of hydrogen-bond donors (Lipinski definition) is 1. The first kappa shape index (κ1) is 11.5. The molecule has 4 heteroatoms. The van der Waals surface area contributed by atoms with Crippen molar-refractivity contribution in [1.82, 2.24) is 9.78 Å². The average Bonchev–Trinajstić information content (AvgIpc) is 2.28. The van der Waals surface area contributed by atoms with Crippen LogP contribution in [0.3, 0.4) is 0 Å². The monoisotopic (exact) mass is 216 g/mol. The van der Waals surface area contributed by atoms with Crippen molar-refractivity contribution in [2.45, 2.75) is 40.3 Å². The van der Waals surface area contributed by atoms with Crippen molar-refractivity contribution in [1.29, 1.82) is 0 Å². The molecule has 0 aliphatic heterocycles. The largest absolute Gasteiger partial charge is 0.391 e. The van der Waals surface area contributed by atoms with Crippen LogP contribution in [0.1, 0.15) is 26.5 Å². The van der Waals surface area contributed by atoms with Gasteiger partial charge >= 0.3 is 0 Å². The molecule has 0 amide bonds. The molecule has 1 heterocycles. The van der Waals surface area contributed by atoms with Gasteiger partial charge in [0.15, 0.2) is 0 Å². The Balaban J connectivity index is 2.74. The molecule has 1 atom stereocenters. The maximum atomic E-state index is 9.85. The van der Waals surface area contributed by atoms with Crippen LogP contribution in [0.4, 0.5) is 0 Å². The molecule has 0 aliphatic rings. The van der Waals surface area contributed by atoms with Crippen LogP contribution < -0.4 is 0 Å². The van der Waals surface area contributed by atoms with Gasteiger partial charge in [0.25, 0.3) is 0 Å². The normalized spacial score (nSPS) is 14.4. The topological polar surface area (TPSA) is 38.0 Å². The Bertz CT molecular complexity index is 314. The molecule has 1 aromatic rings. The fourth-order valence-electron chi connectivity index (χ4n) is 1.08. The summed E-state index contributed by atoms with van der Waals surface area (Å²) in [6.45, 7) is 8.29. The lowest BCUT2D eigenvalue weighted by Crippen LogP contribution is -2.31. The van der Waals surface area contributed by atoms with Crippen molar-refractivity contribution >= 4 is 11.6 Å². The van der Waals surface area contributed by atoms with E-state index in [-0.39, 0.29) is 5.41 Å². The van der Waals surface area contributed by atoms with Crippen molar-refractivity contribution in [3.05, 3.63) is 16.9 Å². The van der Waals surface area contributed by atoms with Gasteiger partial charge in [0.2, 0.25) is 0 Å². The number of aryl methyl sites for hydroxylation is 1. The second-order valence-corrected chi connectivity index (χ2v) is 5.06. The fourth-order valence-corrected chi connectivity index (χ4v) is 1.34. The van der Waals surface area contributed by atoms with Crippen LogP contribution in [0, 0.1) is 12.3 Å². The molecule has 0 unspecified atom stereocenters. The predicted molar refractivity (Wildman–Crippen MR) is 57.4 cm³/mol. The molecule has 0 bridgehead atoms. The Morgan fingerprint density at radius 3 is 2.50 bits per heavy atom. The van der Waals surface area contributed by atoms with Crippen molar-refractivity contribution in [3.8, 4) is 0 Å². The highest BCUT2D eigenvalue weighted by atomic mass is 35.5. The van der Waals surface area contributed by atoms with Gasteiger partial charge in [-0.15, -0.1) is 0 Å². The summed E-state index contributed by atoms with van der Waals surface area (Å²) in [6.07, 6.45) is -0.445. The number of nitrogens with zero attached hydrogens (tertiary/aromatic N) is 2. The Labute approximate surface area is 89.7 Å². The summed E-state index contributed by atoms with van der Waals surface area (Å²) >= 11 is 5.93. The molecular weight excluding hydrogens is 200 g/mol. The van der Waals surface area contributed by atoms with E-state index >= 15 is 0 Å². The lowest BCUT2D eigenvalue weighted by molar-refractivity contribution is 0.0451. The molecule has 0 spiro atoms. The number of hydrogen-bond acceptors (Lipinski definition) is 2. The molecule has 1 aromatic heterocycles. The molecular formula is C10H17ClN2O. The van der Waals surface area contributed by atoms with Gasteiger partial charge < -0.3 is 5.11 Å². The van der Waals surface area contributed by atoms with E-state index in [1.165, 1.54) is 0 Å². The molecule has 0 aromatic carbocycles. The van der Waals surface area contributed by atoms with Crippen molar-refractivity contribution in [2.24, 2.45) is 5.41 Å². The zero-order valence-electron chi connectivity index (χ0n) is 9.08. The summed E-state index contributed by atoms with van der Waals surface area (Å²) in [5.74, 6) is 0. The molecule has 0 fully saturated rings. The van der Waals surface area contributed by atoms with E-state index in [0.29, 0.717) is 11.7 Å². The molecule has 0 saturated heterocycles. The van der Waals surface area contributed by atoms with E-state index in [4.69, 9.17) is 11.6 Å². The highest BCUT2D eigenvalue weighted by Crippen LogP contribution is 2.21. The highest BCUT2D eigenvalue weighted by Gasteiger charge is 2.23. The first-order valence-corrected chi connectivity index (χ1v) is 5.06. The Morgan fingerprint density at radius 2 is 2.14 bits per heavy atom. The number of halogens is 1. The molecule has 0 aliphatic carbocycles. The summed E-state index contributed by atoms with van der Waals surface area (Å²) in [5.41, 5.74) is 0.722. The molecule has 0 saturated carbocycles. The van der Waals surface area contributed by atoms with E-state index in [0.717, 1.165) is 5.69 Å². The summed E-state index contributed by atoms with van der Waals surface area (Å²) in [6, 6.07) is 1.79. The van der Waals surface area contributed by atoms with Crippen LogP contribution >= 0.6 is 11.6 Å². The molecule has 0 radical (unpaired) electrons. The Kier molecular flexibility index (Phi) is 3.22. The quantitative estimate of drug-likeness (QED) is 0.824. The summed E-state index contributed by atoms with van der Waals surface area (Å²) in [4.78, 5) is 0. The van der Waals surface area contributed by atoms with Crippen molar-refractivity contribution in [2.75, 3.05) is 0 Å². The molecule has 1 rings (SSSR count). The van der Waals surface area contributed by atoms with Gasteiger partial charge in [0.1, 0.15) is 5.15 Å². The van der Waals surface area contributed by atoms with E-state index in [1.54, 1.807) is 10.7 Å². The highest BCUT2D eigenvalue weighted by molar-refractivity contribution is 6.29. The third-order valence-electron chi connectivity index (χ3n) is 2.20. The Morgan fingerprint density at radius 1 is 1.57 bits per heavy atom. The molecule has 80 valence electrons. The minimum atomic E-state index is -0.445. The first-order valence-electron chi connectivity index (χ1n) is 4.68. The standard InChI is InChI=1S/C10H17ClN2O/c1-7-5-9(11)13(12-7)6-8(14)10(2,3)4/h5,8,14H,6H2,1-4H3/t8-/m1/s1. The van der Waals surface area contributed by atoms with Crippen LogP contribution in [0.25, 0.3) is 0 Å². The maximum Gasteiger partial charge on any atom is 0.127 e. The minimum Gasteiger partial charge on any atom is -0.391 e. The number of aliphatic hydroxyl groups is 1. The van der Waals surface area contributed by atoms with Crippen molar-refractivity contribution in [3.63, 3.8) is 0 Å². The predicted octanol–water partition coefficient (Wildman–Crippen LogP) is 2.25. The van der Waals surface area contributed by atoms with E-state index in [2.05, 4.69) is 5.10 Å². The van der Waals surface area contributed by atoms with Gasteiger partial charge in [0.05, 0.1) is 18.3 Å². The third-order valence-corrected chi connectivity index (χ3v) is 2.50. The lowest BCUT2D eigenvalue weighted by Gasteiger charge is -2.25. The summed E-state index contributed by atoms with van der Waals surface area (Å²) in [5, 5.41) is 14.6. The van der Waals surface area contributed by atoms with Gasteiger partial charge in [-0.3, -0.25) is 4.68 Å². The van der Waals surface area contributed by atoms with E-state index < -0.39 is 6.10 Å². The molecule has 3 nitrogen and oxygen atoms in total. The van der Waals surface area contributed by atoms with Gasteiger partial charge in [-0.1, -0.05) is 32.4 Å². The SMILES string of the molecule is Cc1cc(Cl)n(C[C@@H](O)C(C)(C)C)n1. The first-order chi connectivity index (χ1) is 6.30. The average molecular weight is 217 g/mol. The second kappa shape index (κ2) is 3.91. The number of aromatic nitrogens is 2. The maximum absolute atomic E-state index is 9.85. The zero-order chi connectivity index (χ0) is 10.9. The van der Waals surface area contributed by atoms with Crippen LogP contribution in [0.2, 0.25) is 5.15 Å². The van der Waals surface area contributed by atoms with E-state index in [9.17, 15) is 5.11 Å². The molecule has 1 N–H and O–H groups in total. The van der Waals surface area contributed by atoms with Gasteiger partial charge in [-0.25, -0.2) is 0 Å². The third kappa shape index (κ3) is 2.72. The molecule has 14 heavy (non-hydrogen) atoms. The number of aliphatic hydroxyl groups excluding tert-OH is 1. The van der Waals surface area contributed by atoms with Gasteiger partial charge in [-0.05, 0) is 18.4 Å². The van der Waals surface area contributed by atoms with E-state index in [1.807, 2.05) is 27.7 Å². The van der Waals surface area contributed by atoms with Gasteiger partial charge in [-0.2, -0.15) is 5.10 Å².